The summed E-state index contributed by atoms with van der Waals surface area (Å²) in [6.07, 6.45) is -0.452. The van der Waals surface area contributed by atoms with Crippen LogP contribution in [-0.2, 0) is 9.53 Å². The highest BCUT2D eigenvalue weighted by Crippen LogP contribution is 2.19. The summed E-state index contributed by atoms with van der Waals surface area (Å²) in [5.41, 5.74) is 0.930. The zero-order valence-electron chi connectivity index (χ0n) is 14.0. The lowest BCUT2D eigenvalue weighted by Gasteiger charge is -2.23. The quantitative estimate of drug-likeness (QED) is 0.821. The van der Waals surface area contributed by atoms with E-state index < -0.39 is 11.7 Å². The second-order valence-electron chi connectivity index (χ2n) is 6.62. The van der Waals surface area contributed by atoms with Crippen LogP contribution in [0.1, 0.15) is 44.4 Å². The maximum absolute atomic E-state index is 13.1. The first-order valence-corrected chi connectivity index (χ1v) is 7.43. The van der Waals surface area contributed by atoms with E-state index in [-0.39, 0.29) is 18.2 Å². The Bertz CT molecular complexity index is 511. The Kier molecular flexibility index (Phi) is 6.50. The minimum atomic E-state index is -0.718. The summed E-state index contributed by atoms with van der Waals surface area (Å²) < 4.78 is 18.3. The average molecular weight is 311 g/mol. The number of hydrogen-bond donors (Lipinski definition) is 1. The molecule has 0 heterocycles. The molecule has 1 unspecified atom stereocenters. The number of benzene rings is 1. The molecule has 1 atom stereocenters. The van der Waals surface area contributed by atoms with Gasteiger partial charge >= 0.3 is 5.97 Å². The number of hydrogen-bond acceptors (Lipinski definition) is 4. The molecule has 4 nitrogen and oxygen atoms in total. The van der Waals surface area contributed by atoms with Gasteiger partial charge in [-0.25, -0.2) is 4.39 Å². The molecule has 0 aromatic heterocycles. The lowest BCUT2D eigenvalue weighted by atomic mass is 10.0. The van der Waals surface area contributed by atoms with E-state index in [4.69, 9.17) is 4.74 Å². The van der Waals surface area contributed by atoms with Crippen molar-refractivity contribution in [2.24, 2.45) is 0 Å². The van der Waals surface area contributed by atoms with Crippen molar-refractivity contribution in [3.63, 3.8) is 0 Å². The van der Waals surface area contributed by atoms with Gasteiger partial charge < -0.3 is 14.7 Å². The van der Waals surface area contributed by atoms with Crippen LogP contribution in [0.15, 0.2) is 18.2 Å². The van der Waals surface area contributed by atoms with Crippen LogP contribution in [0.5, 0.6) is 0 Å². The van der Waals surface area contributed by atoms with E-state index in [0.717, 1.165) is 0 Å². The molecule has 0 amide bonds. The number of carbonyl (C=O) groups excluding carboxylic acids is 1. The van der Waals surface area contributed by atoms with E-state index in [0.29, 0.717) is 24.2 Å². The molecule has 0 radical (unpaired) electrons. The molecule has 0 spiro atoms. The van der Waals surface area contributed by atoms with Gasteiger partial charge in [0.1, 0.15) is 11.4 Å². The molecule has 0 fully saturated rings. The number of aliphatic hydroxyl groups is 1. The van der Waals surface area contributed by atoms with Crippen molar-refractivity contribution in [3.8, 4) is 0 Å². The normalized spacial score (nSPS) is 13.3. The number of esters is 1. The third kappa shape index (κ3) is 6.54. The molecule has 22 heavy (non-hydrogen) atoms. The van der Waals surface area contributed by atoms with Gasteiger partial charge in [-0.3, -0.25) is 4.79 Å². The number of likely N-dealkylation sites (N-methyl/N-ethyl adjacent to an activating group) is 1. The Balaban J connectivity index is 2.47. The molecule has 0 saturated heterocycles. The summed E-state index contributed by atoms with van der Waals surface area (Å²) >= 11 is 0. The number of aryl methyl sites for hydroxylation is 1. The second-order valence-corrected chi connectivity index (χ2v) is 6.62. The summed E-state index contributed by atoms with van der Waals surface area (Å²) in [4.78, 5) is 13.5. The lowest BCUT2D eigenvalue weighted by Crippen LogP contribution is -2.30. The Morgan fingerprint density at radius 1 is 1.41 bits per heavy atom. The summed E-state index contributed by atoms with van der Waals surface area (Å²) in [6.45, 7) is 8.12. The maximum atomic E-state index is 13.1. The van der Waals surface area contributed by atoms with E-state index >= 15 is 0 Å². The predicted octanol–water partition coefficient (Wildman–Crippen LogP) is 2.83. The summed E-state index contributed by atoms with van der Waals surface area (Å²) in [7, 11) is 1.83. The van der Waals surface area contributed by atoms with E-state index in [2.05, 4.69) is 0 Å². The fourth-order valence-corrected chi connectivity index (χ4v) is 2.17. The van der Waals surface area contributed by atoms with Gasteiger partial charge in [-0.05, 0) is 58.0 Å². The first kappa shape index (κ1) is 18.6. The Morgan fingerprint density at radius 3 is 2.59 bits per heavy atom. The smallest absolute Gasteiger partial charge is 0.307 e. The van der Waals surface area contributed by atoms with Crippen LogP contribution < -0.4 is 0 Å². The Hall–Kier alpha value is -1.46. The van der Waals surface area contributed by atoms with Crippen LogP contribution in [0, 0.1) is 12.7 Å². The predicted molar refractivity (Wildman–Crippen MR) is 84.1 cm³/mol. The molecule has 5 heteroatoms. The van der Waals surface area contributed by atoms with Gasteiger partial charge in [0.2, 0.25) is 0 Å². The fourth-order valence-electron chi connectivity index (χ4n) is 2.17. The number of ether oxygens (including phenoxy) is 1. The third-order valence-electron chi connectivity index (χ3n) is 3.19. The number of carbonyl (C=O) groups is 1. The van der Waals surface area contributed by atoms with Gasteiger partial charge in [-0.1, -0.05) is 6.07 Å². The monoisotopic (exact) mass is 311 g/mol. The average Bonchev–Trinajstić information content (AvgIpc) is 2.34. The summed E-state index contributed by atoms with van der Waals surface area (Å²) in [5, 5.41) is 10.2. The van der Waals surface area contributed by atoms with Crippen LogP contribution in [0.2, 0.25) is 0 Å². The molecule has 0 saturated carbocycles. The van der Waals surface area contributed by atoms with Crippen LogP contribution >= 0.6 is 0 Å². The van der Waals surface area contributed by atoms with E-state index in [1.54, 1.807) is 13.0 Å². The first-order valence-electron chi connectivity index (χ1n) is 7.43. The van der Waals surface area contributed by atoms with E-state index in [1.807, 2.05) is 32.7 Å². The Labute approximate surface area is 131 Å². The van der Waals surface area contributed by atoms with Crippen LogP contribution in [0.25, 0.3) is 0 Å². The molecule has 1 N–H and O–H groups in total. The van der Waals surface area contributed by atoms with Gasteiger partial charge in [0, 0.05) is 13.1 Å². The van der Waals surface area contributed by atoms with Gasteiger partial charge in [-0.2, -0.15) is 0 Å². The standard InChI is InChI=1S/C17H26FNO3/c1-12-10-13(18)6-7-14(12)15(20)11-19(5)9-8-16(21)22-17(2,3)4/h6-7,10,15,20H,8-9,11H2,1-5H3. The van der Waals surface area contributed by atoms with E-state index in [1.165, 1.54) is 12.1 Å². The molecule has 0 aliphatic rings. The second kappa shape index (κ2) is 7.70. The van der Waals surface area contributed by atoms with Crippen molar-refractivity contribution < 1.29 is 19.0 Å². The molecule has 124 valence electrons. The Morgan fingerprint density at radius 2 is 2.05 bits per heavy atom. The van der Waals surface area contributed by atoms with Crippen molar-refractivity contribution in [2.75, 3.05) is 20.1 Å². The minimum absolute atomic E-state index is 0.258. The highest BCUT2D eigenvalue weighted by atomic mass is 19.1. The van der Waals surface area contributed by atoms with Gasteiger partial charge in [-0.15, -0.1) is 0 Å². The van der Waals surface area contributed by atoms with Gasteiger partial charge in [0.25, 0.3) is 0 Å². The van der Waals surface area contributed by atoms with Crippen molar-refractivity contribution in [3.05, 3.63) is 35.1 Å². The fraction of sp³-hybridized carbons (Fsp3) is 0.588. The van der Waals surface area contributed by atoms with Crippen molar-refractivity contribution in [1.82, 2.24) is 4.90 Å². The largest absolute Gasteiger partial charge is 0.460 e. The van der Waals surface area contributed by atoms with Crippen molar-refractivity contribution in [2.45, 2.75) is 45.8 Å². The van der Waals surface area contributed by atoms with Crippen LogP contribution in [0.3, 0.4) is 0 Å². The molecule has 0 bridgehead atoms. The molecule has 1 aromatic carbocycles. The molecule has 0 aliphatic heterocycles. The highest BCUT2D eigenvalue weighted by molar-refractivity contribution is 5.70. The van der Waals surface area contributed by atoms with Crippen molar-refractivity contribution in [1.29, 1.82) is 0 Å². The topological polar surface area (TPSA) is 49.8 Å². The molecular formula is C17H26FNO3. The molecule has 1 rings (SSSR count). The van der Waals surface area contributed by atoms with E-state index in [9.17, 15) is 14.3 Å². The first-order chi connectivity index (χ1) is 10.1. The maximum Gasteiger partial charge on any atom is 0.307 e. The van der Waals surface area contributed by atoms with Crippen molar-refractivity contribution >= 4 is 5.97 Å². The van der Waals surface area contributed by atoms with Gasteiger partial charge in [0.05, 0.1) is 12.5 Å². The number of nitrogens with zero attached hydrogens (tertiary/aromatic N) is 1. The lowest BCUT2D eigenvalue weighted by molar-refractivity contribution is -0.155. The molecule has 0 aliphatic carbocycles. The van der Waals surface area contributed by atoms with Gasteiger partial charge in [0.15, 0.2) is 0 Å². The number of aliphatic hydroxyl groups excluding tert-OH is 1. The molecular weight excluding hydrogens is 285 g/mol. The zero-order chi connectivity index (χ0) is 16.9. The molecule has 1 aromatic rings. The highest BCUT2D eigenvalue weighted by Gasteiger charge is 2.18. The number of halogens is 1. The summed E-state index contributed by atoms with van der Waals surface area (Å²) in [6, 6.07) is 4.34. The SMILES string of the molecule is Cc1cc(F)ccc1C(O)CN(C)CCC(=O)OC(C)(C)C. The third-order valence-corrected chi connectivity index (χ3v) is 3.19. The minimum Gasteiger partial charge on any atom is -0.460 e. The zero-order valence-corrected chi connectivity index (χ0v) is 14.0. The van der Waals surface area contributed by atoms with Crippen LogP contribution in [0.4, 0.5) is 4.39 Å². The van der Waals surface area contributed by atoms with Crippen LogP contribution in [-0.4, -0.2) is 41.7 Å². The summed E-state index contributed by atoms with van der Waals surface area (Å²) in [5.74, 6) is -0.571. The number of rotatable bonds is 6.